The van der Waals surface area contributed by atoms with E-state index in [-0.39, 0.29) is 10.8 Å². The first-order chi connectivity index (χ1) is 29.7. The Labute approximate surface area is 358 Å². The van der Waals surface area contributed by atoms with Crippen LogP contribution in [0.1, 0.15) is 49.9 Å². The van der Waals surface area contributed by atoms with Crippen LogP contribution < -0.4 is 4.90 Å². The molecule has 0 atom stereocenters. The van der Waals surface area contributed by atoms with Gasteiger partial charge in [0.2, 0.25) is 0 Å². The fourth-order valence-corrected chi connectivity index (χ4v) is 10.6. The van der Waals surface area contributed by atoms with Crippen LogP contribution in [0.3, 0.4) is 0 Å². The summed E-state index contributed by atoms with van der Waals surface area (Å²) in [4.78, 5) is 2.48. The zero-order valence-corrected chi connectivity index (χ0v) is 35.0. The van der Waals surface area contributed by atoms with Gasteiger partial charge in [0.05, 0.1) is 0 Å². The van der Waals surface area contributed by atoms with Gasteiger partial charge in [0, 0.05) is 27.9 Å². The number of anilines is 3. The number of rotatable bonds is 5. The fraction of sp³-hybridized carbons (Fsp3) is 0.100. The Hall–Kier alpha value is -7.22. The first-order valence-electron chi connectivity index (χ1n) is 21.6. The summed E-state index contributed by atoms with van der Waals surface area (Å²) in [6, 6.07) is 75.0. The average molecular weight is 780 g/mol. The highest BCUT2D eigenvalue weighted by atomic mass is 15.1. The maximum absolute atomic E-state index is 2.48. The standard InChI is InChI=1S/C60H45N/c1-59(2)55-34-46(44-19-17-38-11-5-8-14-41(38)31-44)22-27-51(55)53-29-25-49(36-57(53)59)61(48-24-21-40-13-7-10-16-43(40)33-48)50-26-30-54-52-28-23-47(35-56(52)60(3,4)58(54)37-50)45-20-18-39-12-6-9-15-42(39)32-45/h5-37H,1-4H3. The number of hydrogen-bond donors (Lipinski definition) is 0. The largest absolute Gasteiger partial charge is 0.310 e. The van der Waals surface area contributed by atoms with E-state index in [4.69, 9.17) is 0 Å². The van der Waals surface area contributed by atoms with Crippen molar-refractivity contribution in [3.05, 3.63) is 222 Å². The summed E-state index contributed by atoms with van der Waals surface area (Å²) in [5, 5.41) is 7.55. The minimum absolute atomic E-state index is 0.188. The molecule has 10 aromatic carbocycles. The molecular weight excluding hydrogens is 735 g/mol. The van der Waals surface area contributed by atoms with Crippen LogP contribution in [0.25, 0.3) is 76.8 Å². The smallest absolute Gasteiger partial charge is 0.0468 e. The molecule has 0 heterocycles. The molecule has 0 amide bonds. The second kappa shape index (κ2) is 13.1. The van der Waals surface area contributed by atoms with Crippen molar-refractivity contribution in [3.63, 3.8) is 0 Å². The maximum atomic E-state index is 2.48. The van der Waals surface area contributed by atoms with Gasteiger partial charge in [-0.05, 0) is 160 Å². The molecule has 0 aliphatic heterocycles. The highest BCUT2D eigenvalue weighted by Gasteiger charge is 2.38. The molecule has 2 aliphatic carbocycles. The first kappa shape index (κ1) is 35.7. The van der Waals surface area contributed by atoms with Crippen molar-refractivity contribution in [1.29, 1.82) is 0 Å². The highest BCUT2D eigenvalue weighted by molar-refractivity contribution is 5.94. The molecule has 2 aliphatic rings. The van der Waals surface area contributed by atoms with Gasteiger partial charge < -0.3 is 4.90 Å². The molecular formula is C60H45N. The third-order valence-electron chi connectivity index (χ3n) is 14.0. The number of fused-ring (bicyclic) bond motifs is 9. The van der Waals surface area contributed by atoms with E-state index in [0.29, 0.717) is 0 Å². The van der Waals surface area contributed by atoms with E-state index in [2.05, 4.69) is 233 Å². The van der Waals surface area contributed by atoms with Crippen LogP contribution in [-0.4, -0.2) is 0 Å². The lowest BCUT2D eigenvalue weighted by atomic mass is 9.81. The number of nitrogens with zero attached hydrogens (tertiary/aromatic N) is 1. The van der Waals surface area contributed by atoms with Crippen molar-refractivity contribution < 1.29 is 0 Å². The molecule has 0 spiro atoms. The van der Waals surface area contributed by atoms with Gasteiger partial charge in [-0.25, -0.2) is 0 Å². The van der Waals surface area contributed by atoms with E-state index in [1.54, 1.807) is 0 Å². The van der Waals surface area contributed by atoms with E-state index in [9.17, 15) is 0 Å². The van der Waals surface area contributed by atoms with Crippen LogP contribution >= 0.6 is 0 Å². The van der Waals surface area contributed by atoms with Crippen LogP contribution in [0, 0.1) is 0 Å². The van der Waals surface area contributed by atoms with Gasteiger partial charge >= 0.3 is 0 Å². The Balaban J connectivity index is 0.960. The highest BCUT2D eigenvalue weighted by Crippen LogP contribution is 2.54. The molecule has 1 nitrogen and oxygen atoms in total. The molecule has 0 unspecified atom stereocenters. The van der Waals surface area contributed by atoms with Crippen molar-refractivity contribution in [2.24, 2.45) is 0 Å². The van der Waals surface area contributed by atoms with E-state index < -0.39 is 0 Å². The predicted octanol–water partition coefficient (Wildman–Crippen LogP) is 16.6. The Morgan fingerprint density at radius 2 is 0.557 bits per heavy atom. The minimum Gasteiger partial charge on any atom is -0.310 e. The molecule has 0 fully saturated rings. The third kappa shape index (κ3) is 5.54. The maximum Gasteiger partial charge on any atom is 0.0468 e. The lowest BCUT2D eigenvalue weighted by Gasteiger charge is -2.30. The van der Waals surface area contributed by atoms with Gasteiger partial charge in [-0.3, -0.25) is 0 Å². The fourth-order valence-electron chi connectivity index (χ4n) is 10.6. The molecule has 0 bridgehead atoms. The topological polar surface area (TPSA) is 3.24 Å². The lowest BCUT2D eigenvalue weighted by Crippen LogP contribution is -2.18. The molecule has 0 aromatic heterocycles. The SMILES string of the molecule is CC1(C)c2cc(-c3ccc4ccccc4c3)ccc2-c2ccc(N(c3ccc4c(c3)C(C)(C)c3cc(-c5ccc6ccccc6c5)ccc3-4)c3ccc4ccccc4c3)cc21. The van der Waals surface area contributed by atoms with E-state index in [1.807, 2.05) is 0 Å². The van der Waals surface area contributed by atoms with Gasteiger partial charge in [-0.1, -0.05) is 167 Å². The lowest BCUT2D eigenvalue weighted by molar-refractivity contribution is 0.660. The van der Waals surface area contributed by atoms with Crippen molar-refractivity contribution >= 4 is 49.4 Å². The Kier molecular flexibility index (Phi) is 7.69. The monoisotopic (exact) mass is 779 g/mol. The predicted molar refractivity (Wildman–Crippen MR) is 260 cm³/mol. The summed E-state index contributed by atoms with van der Waals surface area (Å²) in [7, 11) is 0. The minimum atomic E-state index is -0.188. The normalized spacial score (nSPS) is 14.2. The molecule has 10 aromatic rings. The summed E-state index contributed by atoms with van der Waals surface area (Å²) in [6.07, 6.45) is 0. The van der Waals surface area contributed by atoms with Gasteiger partial charge in [-0.2, -0.15) is 0 Å². The summed E-state index contributed by atoms with van der Waals surface area (Å²) >= 11 is 0. The number of benzene rings is 10. The van der Waals surface area contributed by atoms with E-state index >= 15 is 0 Å². The average Bonchev–Trinajstić information content (AvgIpc) is 3.66. The summed E-state index contributed by atoms with van der Waals surface area (Å²) in [5.41, 5.74) is 18.9. The van der Waals surface area contributed by atoms with Gasteiger partial charge in [-0.15, -0.1) is 0 Å². The Morgan fingerprint density at radius 3 is 1.00 bits per heavy atom. The van der Waals surface area contributed by atoms with Crippen LogP contribution in [0.2, 0.25) is 0 Å². The van der Waals surface area contributed by atoms with E-state index in [1.165, 1.54) is 99.1 Å². The molecule has 0 radical (unpaired) electrons. The molecule has 0 N–H and O–H groups in total. The summed E-state index contributed by atoms with van der Waals surface area (Å²) in [5.74, 6) is 0. The number of hydrogen-bond acceptors (Lipinski definition) is 1. The van der Waals surface area contributed by atoms with Crippen molar-refractivity contribution in [3.8, 4) is 44.5 Å². The van der Waals surface area contributed by atoms with Crippen molar-refractivity contribution in [2.75, 3.05) is 4.90 Å². The molecule has 290 valence electrons. The van der Waals surface area contributed by atoms with Gasteiger partial charge in [0.15, 0.2) is 0 Å². The summed E-state index contributed by atoms with van der Waals surface area (Å²) in [6.45, 7) is 9.58. The Morgan fingerprint density at radius 1 is 0.262 bits per heavy atom. The molecule has 12 rings (SSSR count). The first-order valence-corrected chi connectivity index (χ1v) is 21.6. The molecule has 61 heavy (non-hydrogen) atoms. The van der Waals surface area contributed by atoms with Crippen molar-refractivity contribution in [1.82, 2.24) is 0 Å². The zero-order valence-electron chi connectivity index (χ0n) is 35.0. The quantitative estimate of drug-likeness (QED) is 0.168. The molecule has 1 heteroatoms. The molecule has 0 saturated carbocycles. The Bertz CT molecular complexity index is 3250. The van der Waals surface area contributed by atoms with Crippen LogP contribution in [-0.2, 0) is 10.8 Å². The van der Waals surface area contributed by atoms with Crippen LogP contribution in [0.15, 0.2) is 200 Å². The van der Waals surface area contributed by atoms with Crippen LogP contribution in [0.4, 0.5) is 17.1 Å². The molecule has 0 saturated heterocycles. The second-order valence-electron chi connectivity index (χ2n) is 18.2. The summed E-state index contributed by atoms with van der Waals surface area (Å²) < 4.78 is 0. The second-order valence-corrected chi connectivity index (χ2v) is 18.2. The zero-order chi connectivity index (χ0) is 41.0. The third-order valence-corrected chi connectivity index (χ3v) is 14.0. The van der Waals surface area contributed by atoms with Crippen molar-refractivity contribution in [2.45, 2.75) is 38.5 Å². The van der Waals surface area contributed by atoms with E-state index in [0.717, 1.165) is 17.1 Å². The van der Waals surface area contributed by atoms with Gasteiger partial charge in [0.1, 0.15) is 0 Å². The van der Waals surface area contributed by atoms with Gasteiger partial charge in [0.25, 0.3) is 0 Å². The van der Waals surface area contributed by atoms with Crippen LogP contribution in [0.5, 0.6) is 0 Å².